The van der Waals surface area contributed by atoms with Gasteiger partial charge in [-0.3, -0.25) is 4.79 Å². The van der Waals surface area contributed by atoms with E-state index in [1.54, 1.807) is 12.1 Å². The molecule has 0 radical (unpaired) electrons. The third kappa shape index (κ3) is 6.94. The Kier molecular flexibility index (Phi) is 9.53. The van der Waals surface area contributed by atoms with Gasteiger partial charge in [0.15, 0.2) is 0 Å². The molecule has 2 heterocycles. The van der Waals surface area contributed by atoms with E-state index in [-0.39, 0.29) is 30.1 Å². The van der Waals surface area contributed by atoms with Gasteiger partial charge in [-0.1, -0.05) is 11.6 Å². The van der Waals surface area contributed by atoms with Crippen LogP contribution in [0.4, 0.5) is 10.5 Å². The molecule has 1 aromatic rings. The first-order valence-electron chi connectivity index (χ1n) is 12.8. The predicted octanol–water partition coefficient (Wildman–Crippen LogP) is 4.08. The molecular weight excluding hydrogens is 466 g/mol. The Balaban J connectivity index is 1.43. The minimum atomic E-state index is -0.184. The third-order valence-electron chi connectivity index (χ3n) is 7.22. The SMILES string of the molecule is COc1cc(N)c(Cl)cc1C(=O)NC1CCN(CC2CCN(C(=O)N(C(C)C)C(C)C)CC2)CC1. The maximum atomic E-state index is 13.0. The maximum Gasteiger partial charge on any atom is 0.320 e. The molecule has 35 heavy (non-hydrogen) atoms. The quantitative estimate of drug-likeness (QED) is 0.543. The van der Waals surface area contributed by atoms with E-state index in [0.29, 0.717) is 27.9 Å². The van der Waals surface area contributed by atoms with Crippen molar-refractivity contribution in [2.45, 2.75) is 71.5 Å². The van der Waals surface area contributed by atoms with Crippen molar-refractivity contribution in [3.63, 3.8) is 0 Å². The van der Waals surface area contributed by atoms with Gasteiger partial charge in [0.2, 0.25) is 0 Å². The zero-order valence-corrected chi connectivity index (χ0v) is 22.6. The van der Waals surface area contributed by atoms with Gasteiger partial charge in [-0.05, 0) is 65.4 Å². The number of halogens is 1. The lowest BCUT2D eigenvalue weighted by atomic mass is 9.94. The van der Waals surface area contributed by atoms with E-state index in [1.165, 1.54) is 7.11 Å². The Morgan fingerprint density at radius 2 is 1.69 bits per heavy atom. The molecule has 3 N–H and O–H groups in total. The number of hydrogen-bond donors (Lipinski definition) is 2. The van der Waals surface area contributed by atoms with Crippen LogP contribution < -0.4 is 15.8 Å². The first-order valence-corrected chi connectivity index (χ1v) is 13.2. The zero-order chi connectivity index (χ0) is 25.7. The summed E-state index contributed by atoms with van der Waals surface area (Å²) in [7, 11) is 1.52. The van der Waals surface area contributed by atoms with E-state index in [9.17, 15) is 9.59 Å². The monoisotopic (exact) mass is 507 g/mol. The second kappa shape index (κ2) is 12.2. The van der Waals surface area contributed by atoms with Gasteiger partial charge in [0.25, 0.3) is 5.91 Å². The largest absolute Gasteiger partial charge is 0.496 e. The Hall–Kier alpha value is -2.19. The fourth-order valence-electron chi connectivity index (χ4n) is 5.31. The van der Waals surface area contributed by atoms with Gasteiger partial charge in [-0.15, -0.1) is 0 Å². The number of likely N-dealkylation sites (tertiary alicyclic amines) is 2. The number of nitrogens with zero attached hydrogens (tertiary/aromatic N) is 3. The topological polar surface area (TPSA) is 91.1 Å². The number of methoxy groups -OCH3 is 1. The average molecular weight is 508 g/mol. The fourth-order valence-corrected chi connectivity index (χ4v) is 5.48. The first kappa shape index (κ1) is 27.4. The van der Waals surface area contributed by atoms with E-state index >= 15 is 0 Å². The highest BCUT2D eigenvalue weighted by Gasteiger charge is 2.30. The van der Waals surface area contributed by atoms with E-state index < -0.39 is 0 Å². The molecule has 2 fully saturated rings. The van der Waals surface area contributed by atoms with Crippen molar-refractivity contribution in [2.24, 2.45) is 5.92 Å². The number of nitrogens with two attached hydrogens (primary N) is 1. The number of anilines is 1. The van der Waals surface area contributed by atoms with Crippen LogP contribution in [-0.2, 0) is 0 Å². The molecular formula is C26H42ClN5O3. The Morgan fingerprint density at radius 3 is 2.23 bits per heavy atom. The lowest BCUT2D eigenvalue weighted by Gasteiger charge is -2.41. The van der Waals surface area contributed by atoms with Crippen molar-refractivity contribution in [1.82, 2.24) is 20.0 Å². The van der Waals surface area contributed by atoms with E-state index in [2.05, 4.69) is 37.9 Å². The van der Waals surface area contributed by atoms with Crippen molar-refractivity contribution in [2.75, 3.05) is 45.6 Å². The van der Waals surface area contributed by atoms with Crippen LogP contribution in [0.5, 0.6) is 5.75 Å². The number of ether oxygens (including phenoxy) is 1. The van der Waals surface area contributed by atoms with Gasteiger partial charge in [0, 0.05) is 56.9 Å². The molecule has 2 aliphatic heterocycles. The average Bonchev–Trinajstić information content (AvgIpc) is 2.81. The Labute approximate surface area is 215 Å². The van der Waals surface area contributed by atoms with Crippen LogP contribution in [-0.4, -0.2) is 84.6 Å². The molecule has 0 unspecified atom stereocenters. The van der Waals surface area contributed by atoms with Gasteiger partial charge < -0.3 is 30.5 Å². The molecule has 2 saturated heterocycles. The van der Waals surface area contributed by atoms with Crippen LogP contribution in [0.25, 0.3) is 0 Å². The normalized spacial score (nSPS) is 18.2. The summed E-state index contributed by atoms with van der Waals surface area (Å²) in [5.41, 5.74) is 6.63. The summed E-state index contributed by atoms with van der Waals surface area (Å²) in [5.74, 6) is 0.852. The third-order valence-corrected chi connectivity index (χ3v) is 7.55. The summed E-state index contributed by atoms with van der Waals surface area (Å²) in [6.45, 7) is 13.0. The second-order valence-corrected chi connectivity index (χ2v) is 10.8. The van der Waals surface area contributed by atoms with Crippen molar-refractivity contribution < 1.29 is 14.3 Å². The molecule has 3 amide bonds. The smallest absolute Gasteiger partial charge is 0.320 e. The zero-order valence-electron chi connectivity index (χ0n) is 21.8. The van der Waals surface area contributed by atoms with Crippen LogP contribution in [0.15, 0.2) is 12.1 Å². The molecule has 3 rings (SSSR count). The molecule has 9 heteroatoms. The molecule has 0 atom stereocenters. The van der Waals surface area contributed by atoms with Crippen molar-refractivity contribution in [3.8, 4) is 5.75 Å². The number of rotatable bonds is 7. The van der Waals surface area contributed by atoms with E-state index in [1.807, 2.05) is 9.80 Å². The highest BCUT2D eigenvalue weighted by atomic mass is 35.5. The van der Waals surface area contributed by atoms with Gasteiger partial charge in [-0.2, -0.15) is 0 Å². The Bertz CT molecular complexity index is 870. The summed E-state index contributed by atoms with van der Waals surface area (Å²) < 4.78 is 5.32. The number of urea groups is 1. The number of hydrogen-bond acceptors (Lipinski definition) is 5. The van der Waals surface area contributed by atoms with E-state index in [0.717, 1.165) is 58.4 Å². The van der Waals surface area contributed by atoms with Crippen LogP contribution in [0, 0.1) is 5.92 Å². The summed E-state index contributed by atoms with van der Waals surface area (Å²) >= 11 is 6.12. The number of carbonyl (C=O) groups excluding carboxylic acids is 2. The fraction of sp³-hybridized carbons (Fsp3) is 0.692. The number of nitrogen functional groups attached to an aromatic ring is 1. The van der Waals surface area contributed by atoms with Crippen molar-refractivity contribution >= 4 is 29.2 Å². The van der Waals surface area contributed by atoms with Crippen LogP contribution in [0.2, 0.25) is 5.02 Å². The lowest BCUT2D eigenvalue weighted by Crippen LogP contribution is -2.52. The molecule has 0 aliphatic carbocycles. The summed E-state index contributed by atoms with van der Waals surface area (Å²) in [5, 5.41) is 3.48. The van der Waals surface area contributed by atoms with Crippen LogP contribution in [0.1, 0.15) is 63.7 Å². The molecule has 0 bridgehead atoms. The van der Waals surface area contributed by atoms with Gasteiger partial charge in [0.1, 0.15) is 5.75 Å². The molecule has 0 aromatic heterocycles. The minimum Gasteiger partial charge on any atom is -0.496 e. The summed E-state index contributed by atoms with van der Waals surface area (Å²) in [6, 6.07) is 3.86. The van der Waals surface area contributed by atoms with Crippen LogP contribution in [0.3, 0.4) is 0 Å². The molecule has 0 spiro atoms. The van der Waals surface area contributed by atoms with Crippen molar-refractivity contribution in [3.05, 3.63) is 22.7 Å². The molecule has 0 saturated carbocycles. The molecule has 196 valence electrons. The summed E-state index contributed by atoms with van der Waals surface area (Å²) in [6.07, 6.45) is 3.91. The van der Waals surface area contributed by atoms with E-state index in [4.69, 9.17) is 22.1 Å². The number of benzene rings is 1. The molecule has 2 aliphatic rings. The van der Waals surface area contributed by atoms with Gasteiger partial charge in [0.05, 0.1) is 23.4 Å². The number of amides is 3. The van der Waals surface area contributed by atoms with Crippen LogP contribution >= 0.6 is 11.6 Å². The number of carbonyl (C=O) groups is 2. The maximum absolute atomic E-state index is 13.0. The molecule has 8 nitrogen and oxygen atoms in total. The lowest BCUT2D eigenvalue weighted by molar-refractivity contribution is 0.0865. The predicted molar refractivity (Wildman–Crippen MR) is 141 cm³/mol. The number of piperidine rings is 2. The highest BCUT2D eigenvalue weighted by Crippen LogP contribution is 2.29. The number of nitrogens with one attached hydrogen (secondary N) is 1. The van der Waals surface area contributed by atoms with Gasteiger partial charge >= 0.3 is 6.03 Å². The highest BCUT2D eigenvalue weighted by molar-refractivity contribution is 6.33. The standard InChI is InChI=1S/C26H42ClN5O3/c1-17(2)32(18(3)4)26(34)31-12-6-19(7-13-31)16-30-10-8-20(9-11-30)29-25(33)21-14-22(27)23(28)15-24(21)35-5/h14-15,17-20H,6-13,16,28H2,1-5H3,(H,29,33). The molecule has 1 aromatic carbocycles. The first-order chi connectivity index (χ1) is 16.6. The van der Waals surface area contributed by atoms with Gasteiger partial charge in [-0.25, -0.2) is 4.79 Å². The summed E-state index contributed by atoms with van der Waals surface area (Å²) in [4.78, 5) is 32.3. The second-order valence-electron chi connectivity index (χ2n) is 10.4. The van der Waals surface area contributed by atoms with Crippen molar-refractivity contribution in [1.29, 1.82) is 0 Å². The minimum absolute atomic E-state index is 0.123. The Morgan fingerprint density at radius 1 is 1.09 bits per heavy atom.